The third-order valence-electron chi connectivity index (χ3n) is 4.23. The topological polar surface area (TPSA) is 69.6 Å². The van der Waals surface area contributed by atoms with Crippen molar-refractivity contribution in [1.29, 1.82) is 0 Å². The number of carbonyl (C=O) groups excluding carboxylic acids is 1. The van der Waals surface area contributed by atoms with E-state index in [9.17, 15) is 9.59 Å². The van der Waals surface area contributed by atoms with E-state index >= 15 is 0 Å². The number of pyridine rings is 1. The molecule has 6 nitrogen and oxygen atoms in total. The van der Waals surface area contributed by atoms with E-state index in [1.165, 1.54) is 0 Å². The molecular formula is C18H22N2O4. The SMILES string of the molecule is CCn1ccc2c(OCC(=O)NC[C@H]3CCCO3)cccc2c1=O. The van der Waals surface area contributed by atoms with Gasteiger partial charge in [0.15, 0.2) is 6.61 Å². The van der Waals surface area contributed by atoms with Crippen LogP contribution in [0.1, 0.15) is 19.8 Å². The van der Waals surface area contributed by atoms with E-state index in [0.717, 1.165) is 24.8 Å². The zero-order valence-corrected chi connectivity index (χ0v) is 13.8. The molecule has 1 fully saturated rings. The molecule has 2 heterocycles. The minimum Gasteiger partial charge on any atom is -0.483 e. The molecule has 1 aromatic carbocycles. The summed E-state index contributed by atoms with van der Waals surface area (Å²) in [5.41, 5.74) is -0.0525. The number of ether oxygens (including phenoxy) is 2. The number of nitrogens with zero attached hydrogens (tertiary/aromatic N) is 1. The van der Waals surface area contributed by atoms with Gasteiger partial charge in [0, 0.05) is 31.3 Å². The summed E-state index contributed by atoms with van der Waals surface area (Å²) in [6, 6.07) is 7.16. The minimum atomic E-state index is -0.190. The zero-order chi connectivity index (χ0) is 16.9. The van der Waals surface area contributed by atoms with Crippen LogP contribution in [-0.2, 0) is 16.1 Å². The summed E-state index contributed by atoms with van der Waals surface area (Å²) >= 11 is 0. The molecule has 0 radical (unpaired) electrons. The van der Waals surface area contributed by atoms with Gasteiger partial charge >= 0.3 is 0 Å². The lowest BCUT2D eigenvalue weighted by molar-refractivity contribution is -0.123. The molecule has 0 bridgehead atoms. The molecule has 0 spiro atoms. The van der Waals surface area contributed by atoms with Crippen LogP contribution >= 0.6 is 0 Å². The molecule has 1 aromatic heterocycles. The molecule has 0 aliphatic carbocycles. The Balaban J connectivity index is 1.65. The van der Waals surface area contributed by atoms with Crippen LogP contribution in [0.2, 0.25) is 0 Å². The van der Waals surface area contributed by atoms with E-state index in [4.69, 9.17) is 9.47 Å². The third kappa shape index (κ3) is 3.59. The molecule has 6 heteroatoms. The van der Waals surface area contributed by atoms with E-state index in [1.807, 2.05) is 13.0 Å². The first kappa shape index (κ1) is 16.5. The van der Waals surface area contributed by atoms with E-state index < -0.39 is 0 Å². The highest BCUT2D eigenvalue weighted by Crippen LogP contribution is 2.23. The van der Waals surface area contributed by atoms with E-state index in [2.05, 4.69) is 5.32 Å². The molecular weight excluding hydrogens is 308 g/mol. The standard InChI is InChI=1S/C18H22N2O4/c1-2-20-9-8-14-15(18(20)22)6-3-7-16(14)24-12-17(21)19-11-13-5-4-10-23-13/h3,6-9,13H,2,4-5,10-12H2,1H3,(H,19,21)/t13-/m1/s1. The largest absolute Gasteiger partial charge is 0.483 e. The molecule has 1 atom stereocenters. The number of nitrogens with one attached hydrogen (secondary N) is 1. The average molecular weight is 330 g/mol. The van der Waals surface area contributed by atoms with Crippen molar-refractivity contribution in [2.24, 2.45) is 0 Å². The Morgan fingerprint density at radius 1 is 1.38 bits per heavy atom. The number of benzene rings is 1. The summed E-state index contributed by atoms with van der Waals surface area (Å²) < 4.78 is 12.7. The van der Waals surface area contributed by atoms with Crippen LogP contribution in [0.4, 0.5) is 0 Å². The number of hydrogen-bond donors (Lipinski definition) is 1. The predicted molar refractivity (Wildman–Crippen MR) is 91.4 cm³/mol. The predicted octanol–water partition coefficient (Wildman–Crippen LogP) is 1.70. The number of amides is 1. The number of aryl methyl sites for hydroxylation is 1. The lowest BCUT2D eigenvalue weighted by Gasteiger charge is -2.12. The first-order chi connectivity index (χ1) is 11.7. The maximum atomic E-state index is 12.3. The van der Waals surface area contributed by atoms with Crippen molar-refractivity contribution in [2.75, 3.05) is 19.8 Å². The number of carbonyl (C=O) groups is 1. The number of aromatic nitrogens is 1. The summed E-state index contributed by atoms with van der Waals surface area (Å²) in [6.07, 6.45) is 3.88. The summed E-state index contributed by atoms with van der Waals surface area (Å²) in [7, 11) is 0. The Kier molecular flexibility index (Phi) is 5.15. The molecule has 1 saturated heterocycles. The van der Waals surface area contributed by atoms with Gasteiger partial charge in [0.2, 0.25) is 0 Å². The van der Waals surface area contributed by atoms with Crippen molar-refractivity contribution in [2.45, 2.75) is 32.4 Å². The molecule has 0 saturated carbocycles. The monoisotopic (exact) mass is 330 g/mol. The van der Waals surface area contributed by atoms with Gasteiger partial charge in [-0.2, -0.15) is 0 Å². The lowest BCUT2D eigenvalue weighted by atomic mass is 10.1. The molecule has 1 aliphatic rings. The zero-order valence-electron chi connectivity index (χ0n) is 13.8. The average Bonchev–Trinajstić information content (AvgIpc) is 3.12. The van der Waals surface area contributed by atoms with Crippen LogP contribution < -0.4 is 15.6 Å². The van der Waals surface area contributed by atoms with Crippen LogP contribution in [0.5, 0.6) is 5.75 Å². The van der Waals surface area contributed by atoms with Crippen molar-refractivity contribution in [3.05, 3.63) is 40.8 Å². The number of fused-ring (bicyclic) bond motifs is 1. The van der Waals surface area contributed by atoms with Gasteiger partial charge in [0.05, 0.1) is 11.5 Å². The maximum absolute atomic E-state index is 12.3. The molecule has 0 unspecified atom stereocenters. The van der Waals surface area contributed by atoms with E-state index in [0.29, 0.717) is 24.2 Å². The van der Waals surface area contributed by atoms with Gasteiger partial charge in [-0.3, -0.25) is 9.59 Å². The molecule has 24 heavy (non-hydrogen) atoms. The fourth-order valence-corrected chi connectivity index (χ4v) is 2.89. The number of rotatable bonds is 6. The fourth-order valence-electron chi connectivity index (χ4n) is 2.89. The van der Waals surface area contributed by atoms with Crippen molar-refractivity contribution in [3.8, 4) is 5.75 Å². The molecule has 2 aromatic rings. The van der Waals surface area contributed by atoms with Gasteiger partial charge < -0.3 is 19.4 Å². The van der Waals surface area contributed by atoms with Crippen LogP contribution in [0, 0.1) is 0 Å². The Bertz CT molecular complexity index is 778. The second-order valence-corrected chi connectivity index (χ2v) is 5.85. The number of hydrogen-bond acceptors (Lipinski definition) is 4. The molecule has 1 amide bonds. The van der Waals surface area contributed by atoms with Crippen LogP contribution in [0.25, 0.3) is 10.8 Å². The summed E-state index contributed by atoms with van der Waals surface area (Å²) in [5, 5.41) is 4.13. The van der Waals surface area contributed by atoms with Crippen molar-refractivity contribution in [3.63, 3.8) is 0 Å². The molecule has 1 N–H and O–H groups in total. The second kappa shape index (κ2) is 7.49. The van der Waals surface area contributed by atoms with Crippen LogP contribution in [-0.4, -0.2) is 36.3 Å². The normalized spacial score (nSPS) is 17.1. The smallest absolute Gasteiger partial charge is 0.258 e. The van der Waals surface area contributed by atoms with Gasteiger partial charge in [-0.1, -0.05) is 6.07 Å². The van der Waals surface area contributed by atoms with Crippen molar-refractivity contribution >= 4 is 16.7 Å². The highest BCUT2D eigenvalue weighted by atomic mass is 16.5. The van der Waals surface area contributed by atoms with Gasteiger partial charge in [-0.25, -0.2) is 0 Å². The Morgan fingerprint density at radius 3 is 3.00 bits per heavy atom. The van der Waals surface area contributed by atoms with Crippen molar-refractivity contribution in [1.82, 2.24) is 9.88 Å². The first-order valence-corrected chi connectivity index (χ1v) is 8.32. The Hall–Kier alpha value is -2.34. The maximum Gasteiger partial charge on any atom is 0.258 e. The molecule has 128 valence electrons. The lowest BCUT2D eigenvalue weighted by Crippen LogP contribution is -2.35. The quantitative estimate of drug-likeness (QED) is 0.875. The van der Waals surface area contributed by atoms with Crippen LogP contribution in [0.3, 0.4) is 0 Å². The summed E-state index contributed by atoms with van der Waals surface area (Å²) in [5.74, 6) is 0.351. The van der Waals surface area contributed by atoms with Gasteiger partial charge in [-0.05, 0) is 38.0 Å². The highest BCUT2D eigenvalue weighted by Gasteiger charge is 2.16. The van der Waals surface area contributed by atoms with E-state index in [-0.39, 0.29) is 24.2 Å². The van der Waals surface area contributed by atoms with Gasteiger partial charge in [-0.15, -0.1) is 0 Å². The van der Waals surface area contributed by atoms with E-state index in [1.54, 1.807) is 29.0 Å². The highest BCUT2D eigenvalue weighted by molar-refractivity contribution is 5.88. The summed E-state index contributed by atoms with van der Waals surface area (Å²) in [4.78, 5) is 24.2. The minimum absolute atomic E-state index is 0.0525. The third-order valence-corrected chi connectivity index (χ3v) is 4.23. The second-order valence-electron chi connectivity index (χ2n) is 5.85. The van der Waals surface area contributed by atoms with Gasteiger partial charge in [0.1, 0.15) is 5.75 Å². The first-order valence-electron chi connectivity index (χ1n) is 8.32. The fraction of sp³-hybridized carbons (Fsp3) is 0.444. The molecule has 3 rings (SSSR count). The van der Waals surface area contributed by atoms with Gasteiger partial charge in [0.25, 0.3) is 11.5 Å². The molecule has 1 aliphatic heterocycles. The Morgan fingerprint density at radius 2 is 2.25 bits per heavy atom. The van der Waals surface area contributed by atoms with Crippen molar-refractivity contribution < 1.29 is 14.3 Å². The van der Waals surface area contributed by atoms with Crippen LogP contribution in [0.15, 0.2) is 35.3 Å². The summed E-state index contributed by atoms with van der Waals surface area (Å²) in [6.45, 7) is 3.74. The Labute approximate surface area is 140 Å².